The van der Waals surface area contributed by atoms with E-state index in [1.807, 2.05) is 0 Å². The molecule has 2 aromatic rings. The number of aromatic nitrogens is 2. The van der Waals surface area contributed by atoms with Gasteiger partial charge in [-0.25, -0.2) is 13.4 Å². The minimum Gasteiger partial charge on any atom is -0.350 e. The van der Waals surface area contributed by atoms with E-state index in [0.29, 0.717) is 33.9 Å². The number of halogens is 2. The van der Waals surface area contributed by atoms with Crippen LogP contribution in [0.2, 0.25) is 10.0 Å². The maximum Gasteiger partial charge on any atom is 0.224 e. The molecular formula is C14H14Cl2N4O2S. The molecule has 1 unspecified atom stereocenters. The van der Waals surface area contributed by atoms with Gasteiger partial charge < -0.3 is 10.6 Å². The average molecular weight is 373 g/mol. The lowest BCUT2D eigenvalue weighted by Crippen LogP contribution is -2.22. The van der Waals surface area contributed by atoms with Crippen molar-refractivity contribution in [2.45, 2.75) is 12.5 Å². The van der Waals surface area contributed by atoms with Crippen LogP contribution in [-0.4, -0.2) is 35.9 Å². The van der Waals surface area contributed by atoms with E-state index in [0.717, 1.165) is 0 Å². The topological polar surface area (TPSA) is 84.0 Å². The predicted octanol–water partition coefficient (Wildman–Crippen LogP) is 3.13. The van der Waals surface area contributed by atoms with Gasteiger partial charge in [0.25, 0.3) is 0 Å². The van der Waals surface area contributed by atoms with Crippen LogP contribution in [-0.2, 0) is 9.84 Å². The molecule has 2 N–H and O–H groups in total. The molecule has 23 heavy (non-hydrogen) atoms. The van der Waals surface area contributed by atoms with E-state index < -0.39 is 9.84 Å². The van der Waals surface area contributed by atoms with E-state index in [-0.39, 0.29) is 17.5 Å². The lowest BCUT2D eigenvalue weighted by Gasteiger charge is -2.12. The highest BCUT2D eigenvalue weighted by atomic mass is 35.5. The molecule has 6 nitrogen and oxygen atoms in total. The van der Waals surface area contributed by atoms with Gasteiger partial charge in [0, 0.05) is 17.3 Å². The molecule has 2 heterocycles. The van der Waals surface area contributed by atoms with Gasteiger partial charge in [-0.3, -0.25) is 0 Å². The zero-order valence-electron chi connectivity index (χ0n) is 12.0. The second-order valence-electron chi connectivity index (χ2n) is 5.26. The van der Waals surface area contributed by atoms with Gasteiger partial charge in [-0.05, 0) is 30.7 Å². The van der Waals surface area contributed by atoms with Gasteiger partial charge in [0.15, 0.2) is 9.84 Å². The molecule has 1 saturated heterocycles. The standard InChI is InChI=1S/C14H14Cl2N4O2S/c15-9-1-2-12(11(16)7-9)19-13-3-5-17-14(20-13)18-10-4-6-23(21,22)8-10/h1-3,5,7,10H,4,6,8H2,(H2,17,18,19,20). The lowest BCUT2D eigenvalue weighted by atomic mass is 10.3. The summed E-state index contributed by atoms with van der Waals surface area (Å²) in [5.41, 5.74) is 0.671. The van der Waals surface area contributed by atoms with E-state index in [2.05, 4.69) is 20.6 Å². The van der Waals surface area contributed by atoms with Crippen LogP contribution in [0.25, 0.3) is 0 Å². The molecule has 9 heteroatoms. The summed E-state index contributed by atoms with van der Waals surface area (Å²) in [7, 11) is -2.95. The fourth-order valence-corrected chi connectivity index (χ4v) is 4.45. The highest BCUT2D eigenvalue weighted by molar-refractivity contribution is 7.91. The molecule has 0 saturated carbocycles. The first-order chi connectivity index (χ1) is 10.9. The van der Waals surface area contributed by atoms with E-state index >= 15 is 0 Å². The number of benzene rings is 1. The maximum atomic E-state index is 11.5. The molecule has 1 aromatic carbocycles. The van der Waals surface area contributed by atoms with Crippen LogP contribution >= 0.6 is 23.2 Å². The molecule has 0 bridgehead atoms. The zero-order valence-corrected chi connectivity index (χ0v) is 14.3. The van der Waals surface area contributed by atoms with Crippen molar-refractivity contribution in [1.29, 1.82) is 0 Å². The van der Waals surface area contributed by atoms with Crippen LogP contribution in [0.5, 0.6) is 0 Å². The SMILES string of the molecule is O=S1(=O)CCC(Nc2nccc(Nc3ccc(Cl)cc3Cl)n2)C1. The Balaban J connectivity index is 1.72. The molecule has 1 aliphatic heterocycles. The number of anilines is 3. The zero-order chi connectivity index (χ0) is 16.4. The van der Waals surface area contributed by atoms with Gasteiger partial charge >= 0.3 is 0 Å². The van der Waals surface area contributed by atoms with Crippen LogP contribution in [0.3, 0.4) is 0 Å². The molecule has 1 aliphatic rings. The highest BCUT2D eigenvalue weighted by Crippen LogP contribution is 2.27. The van der Waals surface area contributed by atoms with Crippen LogP contribution in [0.15, 0.2) is 30.5 Å². The van der Waals surface area contributed by atoms with Crippen LogP contribution < -0.4 is 10.6 Å². The molecule has 122 valence electrons. The Kier molecular flexibility index (Phi) is 4.61. The van der Waals surface area contributed by atoms with Crippen molar-refractivity contribution in [1.82, 2.24) is 9.97 Å². The van der Waals surface area contributed by atoms with Crippen LogP contribution in [0, 0.1) is 0 Å². The fraction of sp³-hybridized carbons (Fsp3) is 0.286. The minimum absolute atomic E-state index is 0.108. The third-order valence-corrected chi connectivity index (χ3v) is 5.73. The Morgan fingerprint density at radius 1 is 1.22 bits per heavy atom. The molecule has 0 spiro atoms. The average Bonchev–Trinajstić information content (AvgIpc) is 2.81. The van der Waals surface area contributed by atoms with Gasteiger partial charge in [-0.2, -0.15) is 4.98 Å². The normalized spacial score (nSPS) is 19.5. The summed E-state index contributed by atoms with van der Waals surface area (Å²) in [6.07, 6.45) is 2.15. The molecule has 3 rings (SSSR count). The van der Waals surface area contributed by atoms with Crippen molar-refractivity contribution >= 4 is 50.5 Å². The molecule has 0 radical (unpaired) electrons. The Labute approximate surface area is 144 Å². The second kappa shape index (κ2) is 6.51. The minimum atomic E-state index is -2.95. The summed E-state index contributed by atoms with van der Waals surface area (Å²) in [6, 6.07) is 6.65. The van der Waals surface area contributed by atoms with Crippen LogP contribution in [0.4, 0.5) is 17.5 Å². The van der Waals surface area contributed by atoms with E-state index in [1.165, 1.54) is 0 Å². The third-order valence-electron chi connectivity index (χ3n) is 3.42. The molecule has 1 atom stereocenters. The summed E-state index contributed by atoms with van der Waals surface area (Å²) in [5.74, 6) is 1.23. The largest absolute Gasteiger partial charge is 0.350 e. The molecule has 0 aliphatic carbocycles. The van der Waals surface area contributed by atoms with Crippen molar-refractivity contribution in [3.8, 4) is 0 Å². The predicted molar refractivity (Wildman–Crippen MR) is 92.5 cm³/mol. The van der Waals surface area contributed by atoms with E-state index in [9.17, 15) is 8.42 Å². The third kappa shape index (κ3) is 4.25. The number of sulfone groups is 1. The van der Waals surface area contributed by atoms with Gasteiger partial charge in [-0.15, -0.1) is 0 Å². The first-order valence-corrected chi connectivity index (χ1v) is 9.51. The number of nitrogens with one attached hydrogen (secondary N) is 2. The van der Waals surface area contributed by atoms with Gasteiger partial charge in [0.2, 0.25) is 5.95 Å². The van der Waals surface area contributed by atoms with Gasteiger partial charge in [0.1, 0.15) is 5.82 Å². The Morgan fingerprint density at radius 3 is 2.74 bits per heavy atom. The van der Waals surface area contributed by atoms with Crippen molar-refractivity contribution in [3.63, 3.8) is 0 Å². The summed E-state index contributed by atoms with van der Waals surface area (Å²) >= 11 is 12.0. The quantitative estimate of drug-likeness (QED) is 0.857. The summed E-state index contributed by atoms with van der Waals surface area (Å²) in [4.78, 5) is 8.44. The number of hydrogen-bond donors (Lipinski definition) is 2. The van der Waals surface area contributed by atoms with Crippen molar-refractivity contribution in [2.24, 2.45) is 0 Å². The molecular weight excluding hydrogens is 359 g/mol. The highest BCUT2D eigenvalue weighted by Gasteiger charge is 2.28. The van der Waals surface area contributed by atoms with E-state index in [1.54, 1.807) is 30.5 Å². The monoisotopic (exact) mass is 372 g/mol. The lowest BCUT2D eigenvalue weighted by molar-refractivity contribution is 0.602. The Hall–Kier alpha value is -1.57. The van der Waals surface area contributed by atoms with Gasteiger partial charge in [0.05, 0.1) is 22.2 Å². The number of hydrogen-bond acceptors (Lipinski definition) is 6. The summed E-state index contributed by atoms with van der Waals surface area (Å²) < 4.78 is 23.0. The Morgan fingerprint density at radius 2 is 2.04 bits per heavy atom. The molecule has 1 fully saturated rings. The van der Waals surface area contributed by atoms with Crippen molar-refractivity contribution in [3.05, 3.63) is 40.5 Å². The maximum absolute atomic E-state index is 11.5. The van der Waals surface area contributed by atoms with Crippen molar-refractivity contribution < 1.29 is 8.42 Å². The summed E-state index contributed by atoms with van der Waals surface area (Å²) in [6.45, 7) is 0. The van der Waals surface area contributed by atoms with Gasteiger partial charge in [-0.1, -0.05) is 23.2 Å². The van der Waals surface area contributed by atoms with E-state index in [4.69, 9.17) is 23.2 Å². The molecule has 0 amide bonds. The molecule has 1 aromatic heterocycles. The van der Waals surface area contributed by atoms with Crippen LogP contribution in [0.1, 0.15) is 6.42 Å². The number of nitrogens with zero attached hydrogens (tertiary/aromatic N) is 2. The second-order valence-corrected chi connectivity index (χ2v) is 8.33. The smallest absolute Gasteiger partial charge is 0.224 e. The fourth-order valence-electron chi connectivity index (χ4n) is 2.32. The first kappa shape index (κ1) is 16.3. The van der Waals surface area contributed by atoms with Crippen molar-refractivity contribution in [2.75, 3.05) is 22.1 Å². The first-order valence-electron chi connectivity index (χ1n) is 6.93. The Bertz CT molecular complexity index is 829. The summed E-state index contributed by atoms with van der Waals surface area (Å²) in [5, 5.41) is 7.16. The number of rotatable bonds is 4.